The van der Waals surface area contributed by atoms with E-state index in [1.54, 1.807) is 22.5 Å². The van der Waals surface area contributed by atoms with Gasteiger partial charge in [-0.1, -0.05) is 4.98 Å². The van der Waals surface area contributed by atoms with Crippen molar-refractivity contribution < 1.29 is 24.6 Å². The summed E-state index contributed by atoms with van der Waals surface area (Å²) in [5, 5.41) is 29.0. The number of anilines is 1. The van der Waals surface area contributed by atoms with Gasteiger partial charge in [0.15, 0.2) is 18.5 Å². The molecule has 1 aliphatic rings. The summed E-state index contributed by atoms with van der Waals surface area (Å²) >= 11 is 0. The summed E-state index contributed by atoms with van der Waals surface area (Å²) in [6.45, 7) is -0.378. The molecule has 108 valence electrons. The Hall–Kier alpha value is -1.81. The van der Waals surface area contributed by atoms with Crippen molar-refractivity contribution in [1.29, 1.82) is 0 Å². The molecular formula is C11H16N5O4+. The third kappa shape index (κ3) is 1.75. The van der Waals surface area contributed by atoms with Gasteiger partial charge in [-0.3, -0.25) is 4.57 Å². The van der Waals surface area contributed by atoms with Crippen molar-refractivity contribution in [3.8, 4) is 0 Å². The molecule has 0 unspecified atom stereocenters. The molecule has 2 aromatic heterocycles. The molecule has 9 nitrogen and oxygen atoms in total. The van der Waals surface area contributed by atoms with Gasteiger partial charge in [-0.25, -0.2) is 4.57 Å². The van der Waals surface area contributed by atoms with Crippen LogP contribution < -0.4 is 10.3 Å². The number of aliphatic hydroxyl groups is 3. The topological polar surface area (TPSA) is 131 Å². The second-order valence-electron chi connectivity index (χ2n) is 4.79. The van der Waals surface area contributed by atoms with Crippen LogP contribution in [-0.4, -0.2) is 54.8 Å². The second kappa shape index (κ2) is 4.63. The number of ether oxygens (including phenoxy) is 1. The number of imidazole rings is 1. The number of aliphatic hydroxyl groups excluding tert-OH is 3. The lowest BCUT2D eigenvalue weighted by atomic mass is 10.1. The van der Waals surface area contributed by atoms with Crippen LogP contribution in [0.25, 0.3) is 11.2 Å². The predicted octanol–water partition coefficient (Wildman–Crippen LogP) is -2.55. The lowest BCUT2D eigenvalue weighted by Crippen LogP contribution is -2.45. The van der Waals surface area contributed by atoms with Gasteiger partial charge in [0.1, 0.15) is 18.3 Å². The van der Waals surface area contributed by atoms with Crippen LogP contribution in [0.3, 0.4) is 0 Å². The van der Waals surface area contributed by atoms with E-state index in [1.165, 1.54) is 6.33 Å². The van der Waals surface area contributed by atoms with Crippen LogP contribution in [0.5, 0.6) is 0 Å². The number of nitrogen functional groups attached to an aromatic ring is 1. The largest absolute Gasteiger partial charge is 0.394 e. The van der Waals surface area contributed by atoms with Crippen molar-refractivity contribution in [2.24, 2.45) is 7.05 Å². The Kier molecular flexibility index (Phi) is 3.05. The highest BCUT2D eigenvalue weighted by Gasteiger charge is 2.46. The van der Waals surface area contributed by atoms with Crippen molar-refractivity contribution in [2.75, 3.05) is 12.3 Å². The number of hydrogen-bond acceptors (Lipinski definition) is 7. The van der Waals surface area contributed by atoms with Crippen molar-refractivity contribution in [3.05, 3.63) is 12.7 Å². The molecule has 2 aromatic rings. The Morgan fingerprint density at radius 1 is 1.40 bits per heavy atom. The highest BCUT2D eigenvalue weighted by Crippen LogP contribution is 2.27. The average Bonchev–Trinajstić information content (AvgIpc) is 2.90. The molecule has 20 heavy (non-hydrogen) atoms. The maximum absolute atomic E-state index is 10.1. The fourth-order valence-electron chi connectivity index (χ4n) is 2.51. The molecule has 1 aliphatic heterocycles. The summed E-state index contributed by atoms with van der Waals surface area (Å²) in [7, 11) is 1.76. The summed E-state index contributed by atoms with van der Waals surface area (Å²) in [5.41, 5.74) is 6.89. The molecule has 1 fully saturated rings. The molecule has 1 saturated heterocycles. The minimum atomic E-state index is -1.17. The summed E-state index contributed by atoms with van der Waals surface area (Å²) in [4.78, 5) is 8.05. The molecule has 0 aromatic carbocycles. The van der Waals surface area contributed by atoms with Gasteiger partial charge < -0.3 is 25.8 Å². The van der Waals surface area contributed by atoms with Gasteiger partial charge in [0.25, 0.3) is 0 Å². The van der Waals surface area contributed by atoms with E-state index in [0.29, 0.717) is 17.0 Å². The average molecular weight is 282 g/mol. The molecule has 0 aliphatic carbocycles. The number of fused-ring (bicyclic) bond motifs is 1. The Morgan fingerprint density at radius 2 is 2.15 bits per heavy atom. The van der Waals surface area contributed by atoms with Crippen LogP contribution in [-0.2, 0) is 11.8 Å². The minimum absolute atomic E-state index is 0.308. The monoisotopic (exact) mass is 282 g/mol. The number of nitrogens with zero attached hydrogens (tertiary/aromatic N) is 4. The van der Waals surface area contributed by atoms with Crippen LogP contribution in [0.4, 0.5) is 5.82 Å². The summed E-state index contributed by atoms with van der Waals surface area (Å²) in [6.07, 6.45) is -1.05. The summed E-state index contributed by atoms with van der Waals surface area (Å²) in [6, 6.07) is 0. The fourth-order valence-corrected chi connectivity index (χ4v) is 2.51. The number of aryl methyl sites for hydroxylation is 1. The molecule has 3 heterocycles. The van der Waals surface area contributed by atoms with Gasteiger partial charge in [-0.15, -0.1) is 0 Å². The molecule has 0 radical (unpaired) electrons. The number of aromatic nitrogens is 4. The highest BCUT2D eigenvalue weighted by molar-refractivity contribution is 5.78. The van der Waals surface area contributed by atoms with E-state index < -0.39 is 24.5 Å². The van der Waals surface area contributed by atoms with E-state index in [2.05, 4.69) is 9.97 Å². The Labute approximate surface area is 113 Å². The number of nitrogens with two attached hydrogens (primary N) is 1. The zero-order chi connectivity index (χ0) is 14.4. The second-order valence-corrected chi connectivity index (χ2v) is 4.79. The van der Waals surface area contributed by atoms with Crippen LogP contribution in [0.15, 0.2) is 12.7 Å². The molecule has 9 heteroatoms. The maximum atomic E-state index is 10.1. The van der Waals surface area contributed by atoms with Gasteiger partial charge in [-0.2, -0.15) is 4.98 Å². The van der Waals surface area contributed by atoms with E-state index in [-0.39, 0.29) is 6.61 Å². The maximum Gasteiger partial charge on any atom is 0.309 e. The Bertz CT molecular complexity index is 645. The van der Waals surface area contributed by atoms with E-state index in [4.69, 9.17) is 15.6 Å². The van der Waals surface area contributed by atoms with Crippen molar-refractivity contribution in [1.82, 2.24) is 14.5 Å². The van der Waals surface area contributed by atoms with Gasteiger partial charge in [0.2, 0.25) is 11.7 Å². The zero-order valence-electron chi connectivity index (χ0n) is 10.8. The quantitative estimate of drug-likeness (QED) is 0.446. The van der Waals surface area contributed by atoms with Gasteiger partial charge >= 0.3 is 5.65 Å². The third-order valence-corrected chi connectivity index (χ3v) is 3.52. The summed E-state index contributed by atoms with van der Waals surface area (Å²) in [5.74, 6) is 0.308. The van der Waals surface area contributed by atoms with Crippen LogP contribution in [0.1, 0.15) is 6.23 Å². The lowest BCUT2D eigenvalue weighted by molar-refractivity contribution is -0.745. The first kappa shape index (κ1) is 13.2. The van der Waals surface area contributed by atoms with E-state index in [1.807, 2.05) is 0 Å². The van der Waals surface area contributed by atoms with Crippen molar-refractivity contribution in [2.45, 2.75) is 24.5 Å². The molecule has 0 bridgehead atoms. The smallest absolute Gasteiger partial charge is 0.309 e. The number of hydrogen-bond donors (Lipinski definition) is 4. The van der Waals surface area contributed by atoms with Crippen LogP contribution >= 0.6 is 0 Å². The van der Waals surface area contributed by atoms with Crippen molar-refractivity contribution >= 4 is 17.0 Å². The molecule has 5 N–H and O–H groups in total. The SMILES string of the molecule is Cn1c[n+]([C@@H]2O[C@H](CO)[C@@H](O)[C@H]2O)c2ncnc(N)c21. The van der Waals surface area contributed by atoms with Crippen LogP contribution in [0, 0.1) is 0 Å². The standard InChI is InChI=1S/C11H16N5O4/c1-15-4-16(10-6(15)9(12)13-3-14-10)11-8(19)7(18)5(2-17)20-11/h3-5,7-8,11,17-19H,2H2,1H3,(H2,12,13,14)/q+1/t5-,7-,8-,11-/m1/s1. The minimum Gasteiger partial charge on any atom is -0.394 e. The molecule has 0 saturated carbocycles. The first-order valence-corrected chi connectivity index (χ1v) is 6.13. The molecule has 3 rings (SSSR count). The van der Waals surface area contributed by atoms with E-state index in [0.717, 1.165) is 0 Å². The lowest BCUT2D eigenvalue weighted by Gasteiger charge is -2.11. The Morgan fingerprint density at radius 3 is 2.80 bits per heavy atom. The van der Waals surface area contributed by atoms with Crippen molar-refractivity contribution in [3.63, 3.8) is 0 Å². The fraction of sp³-hybridized carbons (Fsp3) is 0.545. The van der Waals surface area contributed by atoms with Gasteiger partial charge in [0, 0.05) is 0 Å². The normalized spacial score (nSPS) is 30.2. The van der Waals surface area contributed by atoms with Gasteiger partial charge in [-0.05, 0) is 0 Å². The molecule has 0 amide bonds. The zero-order valence-corrected chi connectivity index (χ0v) is 10.8. The molecular weight excluding hydrogens is 266 g/mol. The Balaban J connectivity index is 2.10. The first-order valence-electron chi connectivity index (χ1n) is 6.13. The van der Waals surface area contributed by atoms with Crippen LogP contribution in [0.2, 0.25) is 0 Å². The summed E-state index contributed by atoms with van der Waals surface area (Å²) < 4.78 is 8.76. The molecule has 0 spiro atoms. The number of rotatable bonds is 2. The molecule has 4 atom stereocenters. The van der Waals surface area contributed by atoms with E-state index >= 15 is 0 Å². The predicted molar refractivity (Wildman–Crippen MR) is 66.1 cm³/mol. The van der Waals surface area contributed by atoms with E-state index in [9.17, 15) is 10.2 Å². The third-order valence-electron chi connectivity index (χ3n) is 3.52. The first-order chi connectivity index (χ1) is 9.54. The highest BCUT2D eigenvalue weighted by atomic mass is 16.6. The van der Waals surface area contributed by atoms with Gasteiger partial charge in [0.05, 0.1) is 13.7 Å².